The second-order valence-electron chi connectivity index (χ2n) is 19.1. The fourth-order valence-electron chi connectivity index (χ4n) is 10.8. The molecule has 3 aromatic carbocycles. The van der Waals surface area contributed by atoms with Gasteiger partial charge in [0.05, 0.1) is 34.7 Å². The van der Waals surface area contributed by atoms with Crippen LogP contribution in [0.5, 0.6) is 0 Å². The van der Waals surface area contributed by atoms with Crippen molar-refractivity contribution < 1.29 is 27.2 Å². The zero-order valence-electron chi connectivity index (χ0n) is 40.1. The number of alkyl halides is 4. The number of benzene rings is 3. The first-order valence-corrected chi connectivity index (χ1v) is 23.7. The molecule has 0 saturated heterocycles. The Hall–Kier alpha value is -7.43. The molecule has 2 unspecified atom stereocenters. The van der Waals surface area contributed by atoms with Gasteiger partial charge in [-0.15, -0.1) is 0 Å². The van der Waals surface area contributed by atoms with Crippen LogP contribution in [0.2, 0.25) is 0 Å². The fraction of sp³-hybridized carbons (Fsp3) is 0.340. The average Bonchev–Trinajstić information content (AvgIpc) is 4.18. The molecular formula is C53H55F4N11O2. The third-order valence-corrected chi connectivity index (χ3v) is 14.2. The molecule has 13 nitrogen and oxygen atoms in total. The number of amides is 2. The van der Waals surface area contributed by atoms with Crippen molar-refractivity contribution in [1.82, 2.24) is 45.1 Å². The Morgan fingerprint density at radius 3 is 1.86 bits per heavy atom. The summed E-state index contributed by atoms with van der Waals surface area (Å²) < 4.78 is 63.5. The largest absolute Gasteiger partial charge is 0.360 e. The molecule has 7 heterocycles. The van der Waals surface area contributed by atoms with Gasteiger partial charge in [0.1, 0.15) is 5.82 Å². The van der Waals surface area contributed by atoms with Crippen molar-refractivity contribution in [3.8, 4) is 22.3 Å². The van der Waals surface area contributed by atoms with E-state index in [9.17, 15) is 18.4 Å². The number of hydrogen-bond acceptors (Lipinski definition) is 7. The van der Waals surface area contributed by atoms with Crippen LogP contribution in [0.1, 0.15) is 113 Å². The van der Waals surface area contributed by atoms with Gasteiger partial charge in [-0.05, 0) is 108 Å². The van der Waals surface area contributed by atoms with Gasteiger partial charge in [-0.3, -0.25) is 19.0 Å². The highest BCUT2D eigenvalue weighted by Crippen LogP contribution is 2.47. The first-order valence-electron chi connectivity index (χ1n) is 23.7. The van der Waals surface area contributed by atoms with E-state index in [0.29, 0.717) is 99.5 Å². The summed E-state index contributed by atoms with van der Waals surface area (Å²) in [6, 6.07) is 12.8. The lowest BCUT2D eigenvalue weighted by molar-refractivity contribution is 0.0956. The van der Waals surface area contributed by atoms with Gasteiger partial charge in [0, 0.05) is 128 Å². The number of carbonyl (C=O) groups excluding carboxylic acids is 2. The zero-order chi connectivity index (χ0) is 49.3. The van der Waals surface area contributed by atoms with E-state index in [-0.39, 0.29) is 40.7 Å². The monoisotopic (exact) mass is 953 g/mol. The van der Waals surface area contributed by atoms with Gasteiger partial charge in [0.25, 0.3) is 24.7 Å². The molecule has 17 heteroatoms. The molecule has 2 amide bonds. The smallest absolute Gasteiger partial charge is 0.264 e. The number of nitrogens with zero attached hydrogens (tertiary/aromatic N) is 7. The summed E-state index contributed by atoms with van der Waals surface area (Å²) in [5.74, 6) is -0.202. The van der Waals surface area contributed by atoms with Gasteiger partial charge in [0.2, 0.25) is 0 Å². The number of anilines is 4. The number of H-pyrrole nitrogens is 2. The molecule has 0 aliphatic carbocycles. The van der Waals surface area contributed by atoms with Crippen LogP contribution in [0.15, 0.2) is 79.6 Å². The van der Waals surface area contributed by atoms with Gasteiger partial charge in [-0.2, -0.15) is 10.2 Å². The number of pyridine rings is 1. The molecule has 10 rings (SSSR count). The molecule has 4 N–H and O–H groups in total. The second kappa shape index (κ2) is 18.1. The van der Waals surface area contributed by atoms with E-state index in [1.165, 1.54) is 0 Å². The molecule has 2 aliphatic rings. The van der Waals surface area contributed by atoms with Crippen LogP contribution in [0.25, 0.3) is 44.1 Å². The first kappa shape index (κ1) is 46.3. The maximum Gasteiger partial charge on any atom is 0.264 e. The lowest BCUT2D eigenvalue weighted by Crippen LogP contribution is -2.33. The summed E-state index contributed by atoms with van der Waals surface area (Å²) in [5, 5.41) is 15.5. The molecular weight excluding hydrogens is 899 g/mol. The lowest BCUT2D eigenvalue weighted by atomic mass is 9.82. The van der Waals surface area contributed by atoms with E-state index in [0.717, 1.165) is 39.7 Å². The topological polar surface area (TPSA) is 145 Å². The van der Waals surface area contributed by atoms with E-state index >= 15 is 8.78 Å². The molecule has 362 valence electrons. The summed E-state index contributed by atoms with van der Waals surface area (Å²) in [6.45, 7) is 7.25. The minimum atomic E-state index is -2.77. The first-order chi connectivity index (χ1) is 33.6. The molecule has 5 aromatic heterocycles. The predicted octanol–water partition coefficient (Wildman–Crippen LogP) is 11.2. The van der Waals surface area contributed by atoms with Crippen molar-refractivity contribution in [2.24, 2.45) is 20.0 Å². The minimum absolute atomic E-state index is 0.0476. The van der Waals surface area contributed by atoms with Gasteiger partial charge in [-0.1, -0.05) is 20.8 Å². The average molecular weight is 954 g/mol. The molecule has 70 heavy (non-hydrogen) atoms. The third-order valence-electron chi connectivity index (χ3n) is 14.2. The van der Waals surface area contributed by atoms with Crippen LogP contribution in [0.4, 0.5) is 40.4 Å². The molecule has 2 atom stereocenters. The van der Waals surface area contributed by atoms with E-state index in [1.54, 1.807) is 86.9 Å². The number of hydrogen-bond donors (Lipinski definition) is 4. The van der Waals surface area contributed by atoms with Crippen molar-refractivity contribution in [2.75, 3.05) is 37.0 Å². The number of fused-ring (bicyclic) bond motifs is 4. The second-order valence-corrected chi connectivity index (χ2v) is 19.1. The van der Waals surface area contributed by atoms with Crippen molar-refractivity contribution in [3.05, 3.63) is 124 Å². The maximum atomic E-state index is 15.2. The lowest BCUT2D eigenvalue weighted by Gasteiger charge is -2.38. The number of rotatable bonds is 12. The summed E-state index contributed by atoms with van der Waals surface area (Å²) in [5.41, 5.74) is 9.87. The maximum absolute atomic E-state index is 15.2. The Morgan fingerprint density at radius 1 is 0.729 bits per heavy atom. The highest BCUT2D eigenvalue weighted by atomic mass is 19.3. The van der Waals surface area contributed by atoms with Crippen LogP contribution in [0.3, 0.4) is 0 Å². The van der Waals surface area contributed by atoms with E-state index in [4.69, 9.17) is 4.98 Å². The van der Waals surface area contributed by atoms with Crippen LogP contribution in [0, 0.1) is 5.92 Å². The number of nitrogens with one attached hydrogen (secondary N) is 4. The molecule has 0 fully saturated rings. The third kappa shape index (κ3) is 8.13. The number of aromatic amines is 2. The molecule has 8 aromatic rings. The summed E-state index contributed by atoms with van der Waals surface area (Å²) in [6.07, 6.45) is 7.15. The fourth-order valence-corrected chi connectivity index (χ4v) is 10.8. The zero-order valence-corrected chi connectivity index (χ0v) is 40.1. The van der Waals surface area contributed by atoms with Gasteiger partial charge in [0.15, 0.2) is 0 Å². The SMILES string of the molecule is CNC(=O)c1c[nH]c2c(C(C)C)cc(N3CC(CC(C)c4nc(N5CCCc6cc(-c7cnn(C)c7)c(C(F)F)cc65)cc5c(C(=O)NC)c[nH]c45)Cc4cc(-c5cnn(C)c5)c(C(F)F)cc43)cc12. The molecule has 0 saturated carbocycles. The summed E-state index contributed by atoms with van der Waals surface area (Å²) >= 11 is 0. The Balaban J connectivity index is 1.09. The highest BCUT2D eigenvalue weighted by Gasteiger charge is 2.34. The number of aromatic nitrogens is 7. The van der Waals surface area contributed by atoms with Crippen LogP contribution < -0.4 is 20.4 Å². The summed E-state index contributed by atoms with van der Waals surface area (Å²) in [7, 11) is 6.68. The standard InChI is InChI=1S/C53H55F4N11O2/c1-27(2)35-15-34(16-38-42(52(69)58-4)22-60-48(35)38)68-24-29(12-31-14-37(33-21-63-66(7)26-33)41(51(56)57)18-45(31)68)11-28(3)47-49-39(43(23-61-49)53(70)59-5)19-46(64-47)67-10-8-9-30-13-36(32-20-62-65(6)25-32)40(50(54)55)17-44(30)67/h13-23,25-29,50-51,60-61H,8-12,24H2,1-7H3,(H,58,69)(H,59,70). The van der Waals surface area contributed by atoms with E-state index < -0.39 is 12.9 Å². The van der Waals surface area contributed by atoms with E-state index in [2.05, 4.69) is 62.5 Å². The van der Waals surface area contributed by atoms with Gasteiger partial charge >= 0.3 is 0 Å². The minimum Gasteiger partial charge on any atom is -0.360 e. The Bertz CT molecular complexity index is 3330. The van der Waals surface area contributed by atoms with Crippen LogP contribution in [-0.2, 0) is 26.9 Å². The quantitative estimate of drug-likeness (QED) is 0.0893. The van der Waals surface area contributed by atoms with Crippen LogP contribution in [-0.4, -0.2) is 73.5 Å². The number of halogens is 4. The Morgan fingerprint density at radius 2 is 1.30 bits per heavy atom. The Kier molecular flexibility index (Phi) is 12.0. The van der Waals surface area contributed by atoms with Gasteiger partial charge in [-0.25, -0.2) is 22.5 Å². The predicted molar refractivity (Wildman–Crippen MR) is 265 cm³/mol. The van der Waals surface area contributed by atoms with Crippen LogP contribution >= 0.6 is 0 Å². The van der Waals surface area contributed by atoms with Crippen molar-refractivity contribution in [2.45, 2.75) is 71.1 Å². The number of aryl methyl sites for hydroxylation is 3. The van der Waals surface area contributed by atoms with Crippen molar-refractivity contribution >= 4 is 56.5 Å². The molecule has 2 aliphatic heterocycles. The molecule has 0 spiro atoms. The number of carbonyl (C=O) groups is 2. The van der Waals surface area contributed by atoms with E-state index in [1.807, 2.05) is 29.2 Å². The van der Waals surface area contributed by atoms with Gasteiger partial charge < -0.3 is 30.4 Å². The molecule has 0 bridgehead atoms. The molecule has 0 radical (unpaired) electrons. The Labute approximate surface area is 402 Å². The van der Waals surface area contributed by atoms with Crippen molar-refractivity contribution in [1.29, 1.82) is 0 Å². The summed E-state index contributed by atoms with van der Waals surface area (Å²) in [4.78, 5) is 42.8. The highest BCUT2D eigenvalue weighted by molar-refractivity contribution is 6.09. The normalized spacial score (nSPS) is 15.4. The van der Waals surface area contributed by atoms with Crippen molar-refractivity contribution in [3.63, 3.8) is 0 Å².